The van der Waals surface area contributed by atoms with Crippen molar-refractivity contribution in [1.82, 2.24) is 9.55 Å². The first-order valence-electron chi connectivity index (χ1n) is 6.57. The molecule has 0 bridgehead atoms. The molecule has 1 aromatic carbocycles. The summed E-state index contributed by atoms with van der Waals surface area (Å²) in [4.78, 5) is 4.46. The summed E-state index contributed by atoms with van der Waals surface area (Å²) in [6.07, 6.45) is 0.444. The lowest BCUT2D eigenvalue weighted by Crippen LogP contribution is -2.08. The number of allylic oxidation sites excluding steroid dienone is 2. The normalized spacial score (nSPS) is 13.2. The summed E-state index contributed by atoms with van der Waals surface area (Å²) in [7, 11) is 1.85. The van der Waals surface area contributed by atoms with E-state index in [-0.39, 0.29) is 16.7 Å². The van der Waals surface area contributed by atoms with Crippen LogP contribution >= 0.6 is 0 Å². The molecule has 0 radical (unpaired) electrons. The minimum absolute atomic E-state index is 0.0865. The lowest BCUT2D eigenvalue weighted by molar-refractivity contribution is 0.307. The van der Waals surface area contributed by atoms with Gasteiger partial charge in [0.25, 0.3) is 0 Å². The van der Waals surface area contributed by atoms with Gasteiger partial charge in [-0.1, -0.05) is 32.9 Å². The van der Waals surface area contributed by atoms with Gasteiger partial charge in [-0.15, -0.1) is 0 Å². The van der Waals surface area contributed by atoms with E-state index in [1.54, 1.807) is 0 Å². The number of benzene rings is 1. The third kappa shape index (κ3) is 2.67. The van der Waals surface area contributed by atoms with Crippen LogP contribution in [0, 0.1) is 16.7 Å². The van der Waals surface area contributed by atoms with Crippen LogP contribution in [0.2, 0.25) is 0 Å². The smallest absolute Gasteiger partial charge is 0.155 e. The van der Waals surface area contributed by atoms with Crippen LogP contribution in [0.3, 0.4) is 0 Å². The topological polar surface area (TPSA) is 61.8 Å². The van der Waals surface area contributed by atoms with E-state index >= 15 is 0 Å². The molecule has 1 N–H and O–H groups in total. The van der Waals surface area contributed by atoms with Crippen molar-refractivity contribution in [3.63, 3.8) is 0 Å². The van der Waals surface area contributed by atoms with Gasteiger partial charge < -0.3 is 9.67 Å². The Morgan fingerprint density at radius 3 is 2.55 bits per heavy atom. The fourth-order valence-electron chi connectivity index (χ4n) is 2.20. The minimum Gasteiger partial charge on any atom is -0.511 e. The first-order valence-corrected chi connectivity index (χ1v) is 6.57. The molecule has 0 aliphatic heterocycles. The molecular formula is C16H19N3O. The van der Waals surface area contributed by atoms with Crippen molar-refractivity contribution in [1.29, 1.82) is 5.26 Å². The molecule has 0 saturated heterocycles. The molecule has 1 aromatic heterocycles. The van der Waals surface area contributed by atoms with Crippen LogP contribution in [-0.2, 0) is 7.05 Å². The molecule has 4 nitrogen and oxygen atoms in total. The van der Waals surface area contributed by atoms with Crippen LogP contribution in [-0.4, -0.2) is 14.7 Å². The van der Waals surface area contributed by atoms with Crippen molar-refractivity contribution < 1.29 is 5.11 Å². The molecule has 2 aromatic rings. The van der Waals surface area contributed by atoms with Crippen LogP contribution in [0.1, 0.15) is 33.0 Å². The average molecular weight is 269 g/mol. The van der Waals surface area contributed by atoms with Gasteiger partial charge in [0.1, 0.15) is 17.4 Å². The Balaban J connectivity index is 2.58. The van der Waals surface area contributed by atoms with Gasteiger partial charge in [-0.3, -0.25) is 0 Å². The number of aromatic nitrogens is 2. The summed E-state index contributed by atoms with van der Waals surface area (Å²) in [5, 5.41) is 19.6. The Hall–Kier alpha value is -2.28. The third-order valence-corrected chi connectivity index (χ3v) is 3.11. The quantitative estimate of drug-likeness (QED) is 0.666. The van der Waals surface area contributed by atoms with Crippen molar-refractivity contribution in [2.45, 2.75) is 27.2 Å². The van der Waals surface area contributed by atoms with E-state index in [1.165, 1.54) is 0 Å². The molecule has 0 unspecified atom stereocenters. The van der Waals surface area contributed by atoms with Crippen LogP contribution in [0.25, 0.3) is 16.6 Å². The number of nitriles is 1. The number of rotatable bonds is 2. The van der Waals surface area contributed by atoms with E-state index < -0.39 is 0 Å². The number of hydrogen-bond donors (Lipinski definition) is 1. The molecule has 20 heavy (non-hydrogen) atoms. The van der Waals surface area contributed by atoms with E-state index in [0.717, 1.165) is 11.0 Å². The summed E-state index contributed by atoms with van der Waals surface area (Å²) in [6, 6.07) is 9.77. The molecule has 0 amide bonds. The van der Waals surface area contributed by atoms with Gasteiger partial charge >= 0.3 is 0 Å². The molecule has 0 atom stereocenters. The molecule has 104 valence electrons. The van der Waals surface area contributed by atoms with Crippen molar-refractivity contribution >= 4 is 16.6 Å². The number of fused-ring (bicyclic) bond motifs is 1. The number of aliphatic hydroxyl groups excluding tert-OH is 1. The van der Waals surface area contributed by atoms with Crippen molar-refractivity contribution in [2.75, 3.05) is 0 Å². The number of aryl methyl sites for hydroxylation is 1. The third-order valence-electron chi connectivity index (χ3n) is 3.11. The molecular weight excluding hydrogens is 250 g/mol. The van der Waals surface area contributed by atoms with Gasteiger partial charge in [0.05, 0.1) is 11.0 Å². The Morgan fingerprint density at radius 1 is 1.35 bits per heavy atom. The first kappa shape index (κ1) is 14.1. The molecule has 1 heterocycles. The summed E-state index contributed by atoms with van der Waals surface area (Å²) in [5.74, 6) is 0.605. The number of nitrogens with zero attached hydrogens (tertiary/aromatic N) is 3. The zero-order valence-corrected chi connectivity index (χ0v) is 12.3. The zero-order valence-electron chi connectivity index (χ0n) is 12.3. The van der Waals surface area contributed by atoms with E-state index in [9.17, 15) is 10.4 Å². The minimum atomic E-state index is -0.0865. The van der Waals surface area contributed by atoms with Gasteiger partial charge in [0.2, 0.25) is 0 Å². The Morgan fingerprint density at radius 2 is 2.00 bits per heavy atom. The van der Waals surface area contributed by atoms with Crippen LogP contribution in [0.5, 0.6) is 0 Å². The molecule has 2 rings (SSSR count). The van der Waals surface area contributed by atoms with Crippen molar-refractivity contribution in [3.05, 3.63) is 35.8 Å². The maximum absolute atomic E-state index is 10.3. The highest BCUT2D eigenvalue weighted by molar-refractivity contribution is 5.83. The second kappa shape index (κ2) is 5.01. The predicted octanol–water partition coefficient (Wildman–Crippen LogP) is 3.80. The average Bonchev–Trinajstić information content (AvgIpc) is 2.66. The second-order valence-electron chi connectivity index (χ2n) is 6.15. The summed E-state index contributed by atoms with van der Waals surface area (Å²) in [6.45, 7) is 6.06. The first-order chi connectivity index (χ1) is 9.33. The highest BCUT2D eigenvalue weighted by Gasteiger charge is 2.20. The highest BCUT2D eigenvalue weighted by atomic mass is 16.3. The van der Waals surface area contributed by atoms with Gasteiger partial charge in [-0.05, 0) is 17.5 Å². The van der Waals surface area contributed by atoms with E-state index in [2.05, 4.69) is 11.1 Å². The molecule has 0 saturated carbocycles. The second-order valence-corrected chi connectivity index (χ2v) is 6.15. The fourth-order valence-corrected chi connectivity index (χ4v) is 2.20. The maximum Gasteiger partial charge on any atom is 0.155 e. The standard InChI is InChI=1S/C16H19N3O/c1-16(2,3)9-14(20)11(10-17)15-18-12-7-5-6-8-13(12)19(15)4/h5-8,20H,9H2,1-4H3/b14-11+. The predicted molar refractivity (Wildman–Crippen MR) is 79.9 cm³/mol. The molecule has 0 aliphatic rings. The van der Waals surface area contributed by atoms with E-state index in [0.29, 0.717) is 12.2 Å². The number of aliphatic hydroxyl groups is 1. The van der Waals surface area contributed by atoms with Gasteiger partial charge in [-0.25, -0.2) is 4.98 Å². The largest absolute Gasteiger partial charge is 0.511 e. The fraction of sp³-hybridized carbons (Fsp3) is 0.375. The SMILES string of the molecule is Cn1c(/C(C#N)=C(/O)CC(C)(C)C)nc2ccccc21. The summed E-state index contributed by atoms with van der Waals surface area (Å²) < 4.78 is 1.84. The highest BCUT2D eigenvalue weighted by Crippen LogP contribution is 2.28. The van der Waals surface area contributed by atoms with Crippen LogP contribution < -0.4 is 0 Å². The number of hydrogen-bond acceptors (Lipinski definition) is 3. The van der Waals surface area contributed by atoms with Crippen molar-refractivity contribution in [2.24, 2.45) is 12.5 Å². The maximum atomic E-state index is 10.3. The van der Waals surface area contributed by atoms with E-state index in [4.69, 9.17) is 0 Å². The van der Waals surface area contributed by atoms with Gasteiger partial charge in [-0.2, -0.15) is 5.26 Å². The summed E-state index contributed by atoms with van der Waals surface area (Å²) in [5.41, 5.74) is 1.93. The Labute approximate surface area is 119 Å². The molecule has 4 heteroatoms. The van der Waals surface area contributed by atoms with Crippen LogP contribution in [0.4, 0.5) is 0 Å². The number of imidazole rings is 1. The van der Waals surface area contributed by atoms with Crippen molar-refractivity contribution in [3.8, 4) is 6.07 Å². The van der Waals surface area contributed by atoms with Gasteiger partial charge in [0.15, 0.2) is 5.82 Å². The summed E-state index contributed by atoms with van der Waals surface area (Å²) >= 11 is 0. The Kier molecular flexibility index (Phi) is 3.54. The lowest BCUT2D eigenvalue weighted by atomic mass is 9.90. The number of para-hydroxylation sites is 2. The lowest BCUT2D eigenvalue weighted by Gasteiger charge is -2.17. The Bertz CT molecular complexity index is 711. The van der Waals surface area contributed by atoms with Gasteiger partial charge in [0, 0.05) is 13.5 Å². The van der Waals surface area contributed by atoms with Crippen LogP contribution in [0.15, 0.2) is 30.0 Å². The van der Waals surface area contributed by atoms with E-state index in [1.807, 2.05) is 56.7 Å². The zero-order chi connectivity index (χ0) is 14.9. The molecule has 0 fully saturated rings. The molecule has 0 aliphatic carbocycles. The molecule has 0 spiro atoms. The monoisotopic (exact) mass is 269 g/mol.